The Balaban J connectivity index is 2.80. The van der Waals surface area contributed by atoms with Crippen LogP contribution in [-0.4, -0.2) is 29.2 Å². The monoisotopic (exact) mass is 251 g/mol. The van der Waals surface area contributed by atoms with Gasteiger partial charge in [-0.1, -0.05) is 20.3 Å². The molecule has 1 aromatic heterocycles. The molecule has 0 saturated carbocycles. The molecule has 0 amide bonds. The van der Waals surface area contributed by atoms with Crippen LogP contribution in [0.3, 0.4) is 0 Å². The minimum Gasteiger partial charge on any atom is -0.377 e. The summed E-state index contributed by atoms with van der Waals surface area (Å²) < 4.78 is 5.88. The summed E-state index contributed by atoms with van der Waals surface area (Å²) in [6.07, 6.45) is 8.78. The fourth-order valence-electron chi connectivity index (χ4n) is 2.08. The lowest BCUT2D eigenvalue weighted by molar-refractivity contribution is 0.0274. The van der Waals surface area contributed by atoms with Crippen molar-refractivity contribution in [3.63, 3.8) is 0 Å². The van der Waals surface area contributed by atoms with Crippen molar-refractivity contribution in [3.8, 4) is 0 Å². The van der Waals surface area contributed by atoms with E-state index in [4.69, 9.17) is 4.74 Å². The lowest BCUT2D eigenvalue weighted by atomic mass is 10.0. The Morgan fingerprint density at radius 3 is 2.44 bits per heavy atom. The van der Waals surface area contributed by atoms with Gasteiger partial charge in [-0.2, -0.15) is 0 Å². The van der Waals surface area contributed by atoms with Gasteiger partial charge < -0.3 is 10.1 Å². The minimum absolute atomic E-state index is 0.186. The molecule has 1 aromatic rings. The lowest BCUT2D eigenvalue weighted by Gasteiger charge is -2.27. The summed E-state index contributed by atoms with van der Waals surface area (Å²) in [6.45, 7) is 8.11. The molecule has 1 heterocycles. The van der Waals surface area contributed by atoms with E-state index >= 15 is 0 Å². The third kappa shape index (κ3) is 4.70. The topological polar surface area (TPSA) is 47.0 Å². The fraction of sp³-hybridized carbons (Fsp3) is 0.714. The number of ether oxygens (including phenoxy) is 1. The van der Waals surface area contributed by atoms with Crippen LogP contribution in [0.2, 0.25) is 0 Å². The molecular formula is C14H25N3O. The van der Waals surface area contributed by atoms with Crippen molar-refractivity contribution in [2.24, 2.45) is 0 Å². The van der Waals surface area contributed by atoms with E-state index in [9.17, 15) is 0 Å². The SMILES string of the molecule is CCCNC(c1cncnc1)C(CCC)OCC. The first kappa shape index (κ1) is 15.1. The van der Waals surface area contributed by atoms with Gasteiger partial charge in [0.25, 0.3) is 0 Å². The van der Waals surface area contributed by atoms with E-state index in [0.717, 1.165) is 38.0 Å². The quantitative estimate of drug-likeness (QED) is 0.733. The molecule has 4 heteroatoms. The van der Waals surface area contributed by atoms with E-state index in [1.807, 2.05) is 19.3 Å². The van der Waals surface area contributed by atoms with Gasteiger partial charge in [0.05, 0.1) is 12.1 Å². The summed E-state index contributed by atoms with van der Waals surface area (Å²) in [5.41, 5.74) is 1.11. The van der Waals surface area contributed by atoms with Crippen LogP contribution in [-0.2, 0) is 4.74 Å². The highest BCUT2D eigenvalue weighted by atomic mass is 16.5. The van der Waals surface area contributed by atoms with Gasteiger partial charge in [0, 0.05) is 24.6 Å². The van der Waals surface area contributed by atoms with Crippen LogP contribution >= 0.6 is 0 Å². The zero-order valence-electron chi connectivity index (χ0n) is 11.7. The average Bonchev–Trinajstić information content (AvgIpc) is 2.41. The highest BCUT2D eigenvalue weighted by molar-refractivity contribution is 5.11. The zero-order valence-corrected chi connectivity index (χ0v) is 11.7. The molecule has 2 atom stereocenters. The van der Waals surface area contributed by atoms with Crippen LogP contribution in [0, 0.1) is 0 Å². The van der Waals surface area contributed by atoms with Gasteiger partial charge in [-0.3, -0.25) is 0 Å². The number of hydrogen-bond donors (Lipinski definition) is 1. The average molecular weight is 251 g/mol. The normalized spacial score (nSPS) is 14.4. The van der Waals surface area contributed by atoms with Crippen LogP contribution in [0.1, 0.15) is 51.6 Å². The molecule has 2 unspecified atom stereocenters. The van der Waals surface area contributed by atoms with Crippen molar-refractivity contribution >= 4 is 0 Å². The Morgan fingerprint density at radius 1 is 1.17 bits per heavy atom. The van der Waals surface area contributed by atoms with E-state index in [1.165, 1.54) is 0 Å². The highest BCUT2D eigenvalue weighted by Gasteiger charge is 2.22. The van der Waals surface area contributed by atoms with E-state index in [-0.39, 0.29) is 12.1 Å². The molecule has 0 aliphatic rings. The van der Waals surface area contributed by atoms with Crippen molar-refractivity contribution in [2.75, 3.05) is 13.2 Å². The maximum absolute atomic E-state index is 5.88. The molecular weight excluding hydrogens is 226 g/mol. The van der Waals surface area contributed by atoms with E-state index in [0.29, 0.717) is 0 Å². The first-order chi connectivity index (χ1) is 8.83. The molecule has 0 bridgehead atoms. The smallest absolute Gasteiger partial charge is 0.115 e. The minimum atomic E-state index is 0.186. The summed E-state index contributed by atoms with van der Waals surface area (Å²) in [6, 6.07) is 0.186. The van der Waals surface area contributed by atoms with Crippen molar-refractivity contribution in [1.82, 2.24) is 15.3 Å². The zero-order chi connectivity index (χ0) is 13.2. The Bertz CT molecular complexity index is 299. The summed E-state index contributed by atoms with van der Waals surface area (Å²) >= 11 is 0. The van der Waals surface area contributed by atoms with Crippen LogP contribution in [0.15, 0.2) is 18.7 Å². The van der Waals surface area contributed by atoms with Crippen molar-refractivity contribution in [3.05, 3.63) is 24.3 Å². The molecule has 0 aliphatic heterocycles. The second-order valence-corrected chi connectivity index (χ2v) is 4.39. The maximum Gasteiger partial charge on any atom is 0.115 e. The van der Waals surface area contributed by atoms with Crippen LogP contribution in [0.25, 0.3) is 0 Å². The van der Waals surface area contributed by atoms with Gasteiger partial charge in [-0.05, 0) is 26.3 Å². The summed E-state index contributed by atoms with van der Waals surface area (Å²) in [7, 11) is 0. The molecule has 4 nitrogen and oxygen atoms in total. The highest BCUT2D eigenvalue weighted by Crippen LogP contribution is 2.21. The van der Waals surface area contributed by atoms with Crippen LogP contribution in [0.5, 0.6) is 0 Å². The van der Waals surface area contributed by atoms with E-state index in [1.54, 1.807) is 6.33 Å². The molecule has 0 radical (unpaired) electrons. The standard InChI is InChI=1S/C14H25N3O/c1-4-7-13(18-6-3)14(17-8-5-2)12-9-15-11-16-10-12/h9-11,13-14,17H,4-8H2,1-3H3. The summed E-state index contributed by atoms with van der Waals surface area (Å²) in [5.74, 6) is 0. The molecule has 102 valence electrons. The lowest BCUT2D eigenvalue weighted by Crippen LogP contribution is -2.34. The second kappa shape index (κ2) is 9.00. The van der Waals surface area contributed by atoms with Crippen molar-refractivity contribution < 1.29 is 4.74 Å². The van der Waals surface area contributed by atoms with Gasteiger partial charge in [0.15, 0.2) is 0 Å². The number of nitrogens with zero attached hydrogens (tertiary/aromatic N) is 2. The van der Waals surface area contributed by atoms with Gasteiger partial charge in [-0.25, -0.2) is 9.97 Å². The van der Waals surface area contributed by atoms with Crippen molar-refractivity contribution in [1.29, 1.82) is 0 Å². The summed E-state index contributed by atoms with van der Waals surface area (Å²) in [4.78, 5) is 8.22. The molecule has 0 saturated heterocycles. The molecule has 0 aliphatic carbocycles. The number of aromatic nitrogens is 2. The fourth-order valence-corrected chi connectivity index (χ4v) is 2.08. The largest absolute Gasteiger partial charge is 0.377 e. The molecule has 1 rings (SSSR count). The molecule has 18 heavy (non-hydrogen) atoms. The van der Waals surface area contributed by atoms with Crippen molar-refractivity contribution in [2.45, 2.75) is 52.2 Å². The number of rotatable bonds is 9. The molecule has 0 spiro atoms. The Hall–Kier alpha value is -1.00. The third-order valence-corrected chi connectivity index (χ3v) is 2.88. The van der Waals surface area contributed by atoms with Crippen LogP contribution in [0.4, 0.5) is 0 Å². The Morgan fingerprint density at radius 2 is 1.89 bits per heavy atom. The Labute approximate surface area is 110 Å². The maximum atomic E-state index is 5.88. The van der Waals surface area contributed by atoms with Gasteiger partial charge in [0.1, 0.15) is 6.33 Å². The third-order valence-electron chi connectivity index (χ3n) is 2.88. The summed E-state index contributed by atoms with van der Waals surface area (Å²) in [5, 5.41) is 3.55. The van der Waals surface area contributed by atoms with Gasteiger partial charge in [-0.15, -0.1) is 0 Å². The Kier molecular flexibility index (Phi) is 7.53. The van der Waals surface area contributed by atoms with E-state index in [2.05, 4.69) is 29.1 Å². The first-order valence-corrected chi connectivity index (χ1v) is 6.93. The van der Waals surface area contributed by atoms with Gasteiger partial charge >= 0.3 is 0 Å². The van der Waals surface area contributed by atoms with Crippen LogP contribution < -0.4 is 5.32 Å². The molecule has 0 aromatic carbocycles. The second-order valence-electron chi connectivity index (χ2n) is 4.39. The first-order valence-electron chi connectivity index (χ1n) is 6.93. The predicted octanol–water partition coefficient (Wildman–Crippen LogP) is 2.72. The molecule has 0 fully saturated rings. The number of nitrogens with one attached hydrogen (secondary N) is 1. The van der Waals surface area contributed by atoms with E-state index < -0.39 is 0 Å². The number of hydrogen-bond acceptors (Lipinski definition) is 4. The molecule has 1 N–H and O–H groups in total. The predicted molar refractivity (Wildman–Crippen MR) is 73.4 cm³/mol. The van der Waals surface area contributed by atoms with Gasteiger partial charge in [0.2, 0.25) is 0 Å².